The number of benzene rings is 1. The van der Waals surface area contributed by atoms with Gasteiger partial charge in [0.15, 0.2) is 5.13 Å². The molecule has 0 aliphatic heterocycles. The monoisotopic (exact) mass is 353 g/mol. The minimum Gasteiger partial charge on any atom is -0.492 e. The van der Waals surface area contributed by atoms with Crippen molar-refractivity contribution in [2.45, 2.75) is 38.1 Å². The van der Waals surface area contributed by atoms with E-state index in [1.165, 1.54) is 30.2 Å². The Morgan fingerprint density at radius 3 is 2.62 bits per heavy atom. The summed E-state index contributed by atoms with van der Waals surface area (Å²) in [6.45, 7) is 0. The molecule has 3 rings (SSSR count). The van der Waals surface area contributed by atoms with Crippen molar-refractivity contribution in [3.63, 3.8) is 0 Å². The molecule has 1 fully saturated rings. The maximum atomic E-state index is 13.5. The molecule has 1 aliphatic carbocycles. The Hall–Kier alpha value is -2.22. The second kappa shape index (κ2) is 7.12. The summed E-state index contributed by atoms with van der Waals surface area (Å²) in [6.07, 6.45) is 4.24. The molecule has 5 nitrogen and oxygen atoms in total. The maximum absolute atomic E-state index is 13.5. The molecule has 1 saturated carbocycles. The zero-order chi connectivity index (χ0) is 17.1. The van der Waals surface area contributed by atoms with E-state index in [1.54, 1.807) is 0 Å². The molecule has 3 N–H and O–H groups in total. The highest BCUT2D eigenvalue weighted by molar-refractivity contribution is 7.16. The number of halogens is 2. The highest BCUT2D eigenvalue weighted by atomic mass is 32.1. The van der Waals surface area contributed by atoms with Crippen molar-refractivity contribution in [1.82, 2.24) is 4.98 Å². The van der Waals surface area contributed by atoms with Crippen LogP contribution in [0.4, 0.5) is 19.6 Å². The van der Waals surface area contributed by atoms with Crippen LogP contribution in [-0.2, 0) is 11.2 Å². The van der Waals surface area contributed by atoms with Gasteiger partial charge in [-0.25, -0.2) is 8.78 Å². The smallest absolute Gasteiger partial charge is 0.229 e. The fourth-order valence-electron chi connectivity index (χ4n) is 2.71. The Kier molecular flexibility index (Phi) is 4.94. The molecule has 1 amide bonds. The summed E-state index contributed by atoms with van der Waals surface area (Å²) >= 11 is 1.17. The fourth-order valence-corrected chi connectivity index (χ4v) is 3.64. The van der Waals surface area contributed by atoms with Gasteiger partial charge in [-0.15, -0.1) is 0 Å². The van der Waals surface area contributed by atoms with Crippen LogP contribution in [0.25, 0.3) is 0 Å². The van der Waals surface area contributed by atoms with Crippen molar-refractivity contribution in [2.75, 3.05) is 10.6 Å². The number of nitrogens with one attached hydrogen (secondary N) is 2. The number of thiazole rings is 1. The minimum absolute atomic E-state index is 0.205. The van der Waals surface area contributed by atoms with Crippen molar-refractivity contribution >= 4 is 28.1 Å². The molecule has 0 unspecified atom stereocenters. The molecule has 0 saturated heterocycles. The highest BCUT2D eigenvalue weighted by Gasteiger charge is 2.20. The molecule has 1 aliphatic rings. The Morgan fingerprint density at radius 1 is 1.29 bits per heavy atom. The summed E-state index contributed by atoms with van der Waals surface area (Å²) < 4.78 is 27.1. The van der Waals surface area contributed by atoms with Gasteiger partial charge in [0.1, 0.15) is 17.3 Å². The van der Waals surface area contributed by atoms with Gasteiger partial charge >= 0.3 is 0 Å². The summed E-state index contributed by atoms with van der Waals surface area (Å²) in [5.74, 6) is -2.55. The predicted molar refractivity (Wildman–Crippen MR) is 88.3 cm³/mol. The summed E-state index contributed by atoms with van der Waals surface area (Å²) in [7, 11) is 0. The largest absolute Gasteiger partial charge is 0.492 e. The average Bonchev–Trinajstić information content (AvgIpc) is 3.14. The SMILES string of the molecule is O=C(Cc1sc(NC2CCCC2)nc1O)Nc1c(F)cccc1F. The fraction of sp³-hybridized carbons (Fsp3) is 0.375. The van der Waals surface area contributed by atoms with Gasteiger partial charge in [0, 0.05) is 6.04 Å². The molecular formula is C16H17F2N3O2S. The van der Waals surface area contributed by atoms with E-state index in [-0.39, 0.29) is 12.3 Å². The van der Waals surface area contributed by atoms with Crippen LogP contribution in [0.3, 0.4) is 0 Å². The van der Waals surface area contributed by atoms with E-state index in [1.807, 2.05) is 0 Å². The number of amides is 1. The number of carbonyl (C=O) groups excluding carboxylic acids is 1. The molecular weight excluding hydrogens is 336 g/mol. The van der Waals surface area contributed by atoms with Crippen LogP contribution >= 0.6 is 11.3 Å². The third-order valence-corrected chi connectivity index (χ3v) is 4.88. The Morgan fingerprint density at radius 2 is 1.96 bits per heavy atom. The standard InChI is InChI=1S/C16H17F2N3O2S/c17-10-6-3-7-11(18)14(10)20-13(22)8-12-15(23)21-16(24-12)19-9-4-1-2-5-9/h3,6-7,9,23H,1-2,4-5,8H2,(H,19,21)(H,20,22). The molecule has 1 aromatic carbocycles. The van der Waals surface area contributed by atoms with Crippen molar-refractivity contribution in [2.24, 2.45) is 0 Å². The number of hydrogen-bond acceptors (Lipinski definition) is 5. The van der Waals surface area contributed by atoms with E-state index >= 15 is 0 Å². The molecule has 0 atom stereocenters. The molecule has 0 radical (unpaired) electrons. The Balaban J connectivity index is 1.65. The number of anilines is 2. The number of hydrogen-bond donors (Lipinski definition) is 3. The second-order valence-electron chi connectivity index (χ2n) is 5.71. The first-order chi connectivity index (χ1) is 11.5. The Bertz CT molecular complexity index is 725. The summed E-state index contributed by atoms with van der Waals surface area (Å²) in [6, 6.07) is 3.68. The number of rotatable bonds is 5. The zero-order valence-electron chi connectivity index (χ0n) is 12.8. The van der Waals surface area contributed by atoms with Gasteiger partial charge in [0.25, 0.3) is 0 Å². The molecule has 0 bridgehead atoms. The predicted octanol–water partition coefficient (Wildman–Crippen LogP) is 3.66. The number of para-hydroxylation sites is 1. The zero-order valence-corrected chi connectivity index (χ0v) is 13.6. The quantitative estimate of drug-likeness (QED) is 0.767. The lowest BCUT2D eigenvalue weighted by Gasteiger charge is -2.09. The van der Waals surface area contributed by atoms with E-state index in [4.69, 9.17) is 0 Å². The summed E-state index contributed by atoms with van der Waals surface area (Å²) in [5, 5.41) is 15.8. The van der Waals surface area contributed by atoms with Gasteiger partial charge in [-0.2, -0.15) is 4.98 Å². The van der Waals surface area contributed by atoms with Crippen LogP contribution in [0.1, 0.15) is 30.6 Å². The highest BCUT2D eigenvalue weighted by Crippen LogP contribution is 2.31. The third kappa shape index (κ3) is 3.81. The molecule has 1 aromatic heterocycles. The average molecular weight is 353 g/mol. The van der Waals surface area contributed by atoms with Crippen LogP contribution in [0.2, 0.25) is 0 Å². The molecule has 0 spiro atoms. The van der Waals surface area contributed by atoms with E-state index in [2.05, 4.69) is 15.6 Å². The van der Waals surface area contributed by atoms with E-state index in [0.717, 1.165) is 25.0 Å². The minimum atomic E-state index is -0.847. The van der Waals surface area contributed by atoms with Gasteiger partial charge in [-0.3, -0.25) is 4.79 Å². The summed E-state index contributed by atoms with van der Waals surface area (Å²) in [4.78, 5) is 16.4. The maximum Gasteiger partial charge on any atom is 0.229 e. The van der Waals surface area contributed by atoms with Gasteiger partial charge in [0.05, 0.1) is 11.3 Å². The lowest BCUT2D eigenvalue weighted by Crippen LogP contribution is -2.16. The first-order valence-corrected chi connectivity index (χ1v) is 8.53. The molecule has 128 valence electrons. The van der Waals surface area contributed by atoms with E-state index < -0.39 is 23.2 Å². The number of aromatic nitrogens is 1. The summed E-state index contributed by atoms with van der Waals surface area (Å²) in [5.41, 5.74) is -0.490. The number of carbonyl (C=O) groups is 1. The number of nitrogens with zero attached hydrogens (tertiary/aromatic N) is 1. The molecule has 24 heavy (non-hydrogen) atoms. The van der Waals surface area contributed by atoms with Crippen LogP contribution in [0, 0.1) is 11.6 Å². The topological polar surface area (TPSA) is 74.2 Å². The lowest BCUT2D eigenvalue weighted by atomic mass is 10.2. The van der Waals surface area contributed by atoms with Crippen LogP contribution in [0.5, 0.6) is 5.88 Å². The van der Waals surface area contributed by atoms with Crippen molar-refractivity contribution in [3.8, 4) is 5.88 Å². The normalized spacial score (nSPS) is 14.8. The van der Waals surface area contributed by atoms with Crippen LogP contribution < -0.4 is 10.6 Å². The van der Waals surface area contributed by atoms with E-state index in [9.17, 15) is 18.7 Å². The van der Waals surface area contributed by atoms with Crippen molar-refractivity contribution in [3.05, 3.63) is 34.7 Å². The molecule has 1 heterocycles. The van der Waals surface area contributed by atoms with E-state index in [0.29, 0.717) is 16.1 Å². The van der Waals surface area contributed by atoms with Crippen molar-refractivity contribution < 1.29 is 18.7 Å². The van der Waals surface area contributed by atoms with Crippen molar-refractivity contribution in [1.29, 1.82) is 0 Å². The van der Waals surface area contributed by atoms with Crippen LogP contribution in [0.15, 0.2) is 18.2 Å². The first-order valence-electron chi connectivity index (χ1n) is 7.72. The lowest BCUT2D eigenvalue weighted by molar-refractivity contribution is -0.115. The molecule has 2 aromatic rings. The Labute approximate surface area is 141 Å². The number of aromatic hydroxyl groups is 1. The third-order valence-electron chi connectivity index (χ3n) is 3.91. The van der Waals surface area contributed by atoms with Gasteiger partial charge in [0.2, 0.25) is 11.8 Å². The molecule has 8 heteroatoms. The second-order valence-corrected chi connectivity index (χ2v) is 6.80. The first kappa shape index (κ1) is 16.6. The van der Waals surface area contributed by atoms with Crippen LogP contribution in [-0.4, -0.2) is 22.0 Å². The van der Waals surface area contributed by atoms with Gasteiger partial charge in [-0.1, -0.05) is 30.2 Å². The van der Waals surface area contributed by atoms with Gasteiger partial charge < -0.3 is 15.7 Å². The van der Waals surface area contributed by atoms with Gasteiger partial charge in [-0.05, 0) is 25.0 Å².